The molecular weight excluding hydrogens is 328 g/mol. The minimum atomic E-state index is -0.525. The van der Waals surface area contributed by atoms with E-state index in [1.807, 2.05) is 32.0 Å². The molecule has 0 saturated carbocycles. The second-order valence-electron chi connectivity index (χ2n) is 5.27. The minimum absolute atomic E-state index is 0.402. The van der Waals surface area contributed by atoms with Crippen LogP contribution in [-0.4, -0.2) is 43.9 Å². The van der Waals surface area contributed by atoms with Crippen LogP contribution in [0.4, 0.5) is 4.79 Å². The van der Waals surface area contributed by atoms with Crippen LogP contribution < -0.4 is 10.6 Å². The summed E-state index contributed by atoms with van der Waals surface area (Å²) < 4.78 is 1.59. The number of nitrogens with one attached hydrogen (secondary N) is 2. The Hall–Kier alpha value is -2.42. The van der Waals surface area contributed by atoms with Gasteiger partial charge in [0.25, 0.3) is 0 Å². The molecule has 0 bridgehead atoms. The third kappa shape index (κ3) is 4.31. The molecule has 0 aliphatic heterocycles. The molecule has 9 heteroatoms. The van der Waals surface area contributed by atoms with Gasteiger partial charge in [-0.25, -0.2) is 4.79 Å². The molecule has 0 saturated heterocycles. The highest BCUT2D eigenvalue weighted by Gasteiger charge is 2.21. The van der Waals surface area contributed by atoms with Gasteiger partial charge < -0.3 is 5.32 Å². The number of imide groups is 1. The Balaban J connectivity index is 2.13. The maximum atomic E-state index is 12.0. The fraction of sp³-hybridized carbons (Fsp3) is 0.400. The number of aryl methyl sites for hydroxylation is 2. The summed E-state index contributed by atoms with van der Waals surface area (Å²) in [4.78, 5) is 23.5. The zero-order valence-corrected chi connectivity index (χ0v) is 14.8. The van der Waals surface area contributed by atoms with Crippen LogP contribution in [-0.2, 0) is 4.79 Å². The van der Waals surface area contributed by atoms with E-state index in [-0.39, 0.29) is 0 Å². The van der Waals surface area contributed by atoms with Crippen LogP contribution >= 0.6 is 11.8 Å². The molecule has 2 rings (SSSR count). The number of rotatable bonds is 5. The van der Waals surface area contributed by atoms with Gasteiger partial charge in [-0.15, -0.1) is 5.10 Å². The van der Waals surface area contributed by atoms with Gasteiger partial charge in [0.05, 0.1) is 10.9 Å². The Labute approximate surface area is 144 Å². The van der Waals surface area contributed by atoms with E-state index in [0.717, 1.165) is 16.8 Å². The highest BCUT2D eigenvalue weighted by atomic mass is 32.2. The van der Waals surface area contributed by atoms with Crippen LogP contribution in [0.5, 0.6) is 0 Å². The fourth-order valence-electron chi connectivity index (χ4n) is 2.08. The van der Waals surface area contributed by atoms with Crippen molar-refractivity contribution in [2.45, 2.75) is 38.1 Å². The van der Waals surface area contributed by atoms with Gasteiger partial charge in [0.15, 0.2) is 0 Å². The molecule has 0 spiro atoms. The quantitative estimate of drug-likeness (QED) is 0.796. The van der Waals surface area contributed by atoms with Crippen molar-refractivity contribution >= 4 is 23.7 Å². The zero-order chi connectivity index (χ0) is 17.7. The number of hydrogen-bond acceptors (Lipinski definition) is 6. The monoisotopic (exact) mass is 348 g/mol. The van der Waals surface area contributed by atoms with E-state index in [1.165, 1.54) is 11.8 Å². The molecule has 24 heavy (non-hydrogen) atoms. The Bertz CT molecular complexity index is 745. The van der Waals surface area contributed by atoms with Crippen molar-refractivity contribution in [1.82, 2.24) is 30.8 Å². The van der Waals surface area contributed by atoms with Gasteiger partial charge in [-0.1, -0.05) is 29.5 Å². The van der Waals surface area contributed by atoms with Crippen molar-refractivity contribution in [1.29, 1.82) is 0 Å². The first-order valence-corrected chi connectivity index (χ1v) is 8.41. The topological polar surface area (TPSA) is 102 Å². The first kappa shape index (κ1) is 17.9. The average Bonchev–Trinajstić information content (AvgIpc) is 2.95. The lowest BCUT2D eigenvalue weighted by Crippen LogP contribution is -2.42. The van der Waals surface area contributed by atoms with Crippen LogP contribution in [0.1, 0.15) is 25.0 Å². The summed E-state index contributed by atoms with van der Waals surface area (Å²) >= 11 is 1.19. The Morgan fingerprint density at radius 1 is 1.33 bits per heavy atom. The highest BCUT2D eigenvalue weighted by molar-refractivity contribution is 8.00. The predicted molar refractivity (Wildman–Crippen MR) is 91.2 cm³/mol. The van der Waals surface area contributed by atoms with Gasteiger partial charge in [0.1, 0.15) is 0 Å². The molecule has 1 heterocycles. The number of thioether (sulfide) groups is 1. The number of carbonyl (C=O) groups excluding carboxylic acids is 2. The van der Waals surface area contributed by atoms with Gasteiger partial charge in [-0.3, -0.25) is 10.1 Å². The molecular formula is C15H20N6O2S. The molecule has 0 fully saturated rings. The molecule has 0 aliphatic rings. The fourth-order valence-corrected chi connectivity index (χ4v) is 2.88. The maximum absolute atomic E-state index is 12.0. The van der Waals surface area contributed by atoms with E-state index in [0.29, 0.717) is 11.7 Å². The number of aromatic nitrogens is 4. The Morgan fingerprint density at radius 3 is 2.75 bits per heavy atom. The van der Waals surface area contributed by atoms with Crippen molar-refractivity contribution < 1.29 is 9.59 Å². The lowest BCUT2D eigenvalue weighted by Gasteiger charge is -2.12. The average molecular weight is 348 g/mol. The van der Waals surface area contributed by atoms with E-state index in [9.17, 15) is 9.59 Å². The molecule has 2 N–H and O–H groups in total. The smallest absolute Gasteiger partial charge is 0.321 e. The van der Waals surface area contributed by atoms with Crippen molar-refractivity contribution in [3.05, 3.63) is 29.3 Å². The number of tetrazole rings is 1. The normalized spacial score (nSPS) is 11.8. The van der Waals surface area contributed by atoms with Gasteiger partial charge in [0.2, 0.25) is 11.1 Å². The molecule has 1 aromatic carbocycles. The summed E-state index contributed by atoms with van der Waals surface area (Å²) in [5.74, 6) is -0.402. The lowest BCUT2D eigenvalue weighted by molar-refractivity contribution is -0.119. The number of benzene rings is 1. The number of carbonyl (C=O) groups is 2. The predicted octanol–water partition coefficient (Wildman–Crippen LogP) is 1.61. The molecule has 0 radical (unpaired) electrons. The zero-order valence-electron chi connectivity index (χ0n) is 14.0. The molecule has 0 aliphatic carbocycles. The van der Waals surface area contributed by atoms with Gasteiger partial charge in [-0.2, -0.15) is 4.68 Å². The van der Waals surface area contributed by atoms with Crippen LogP contribution in [0.2, 0.25) is 0 Å². The largest absolute Gasteiger partial charge is 0.338 e. The van der Waals surface area contributed by atoms with Gasteiger partial charge in [-0.05, 0) is 49.8 Å². The third-order valence-electron chi connectivity index (χ3n) is 3.25. The van der Waals surface area contributed by atoms with Gasteiger partial charge >= 0.3 is 6.03 Å². The Morgan fingerprint density at radius 2 is 2.08 bits per heavy atom. The van der Waals surface area contributed by atoms with E-state index in [4.69, 9.17) is 0 Å². The van der Waals surface area contributed by atoms with Crippen molar-refractivity contribution in [2.75, 3.05) is 6.54 Å². The number of hydrogen-bond donors (Lipinski definition) is 2. The summed E-state index contributed by atoms with van der Waals surface area (Å²) in [5.41, 5.74) is 3.03. The van der Waals surface area contributed by atoms with Crippen molar-refractivity contribution in [2.24, 2.45) is 0 Å². The van der Waals surface area contributed by atoms with Crippen molar-refractivity contribution in [3.8, 4) is 5.69 Å². The Kier molecular flexibility index (Phi) is 5.91. The second-order valence-corrected chi connectivity index (χ2v) is 6.58. The standard InChI is InChI=1S/C15H20N6O2S/c1-5-16-14(23)17-13(22)11(4)24-15-18-19-20-21(15)12-7-6-9(2)8-10(12)3/h6-8,11H,5H2,1-4H3,(H2,16,17,22,23). The van der Waals surface area contributed by atoms with E-state index >= 15 is 0 Å². The van der Waals surface area contributed by atoms with Crippen LogP contribution in [0, 0.1) is 13.8 Å². The number of urea groups is 1. The number of nitrogens with zero attached hydrogens (tertiary/aromatic N) is 4. The summed E-state index contributed by atoms with van der Waals surface area (Å²) in [6, 6.07) is 5.44. The SMILES string of the molecule is CCNC(=O)NC(=O)C(C)Sc1nnnn1-c1ccc(C)cc1C. The molecule has 1 aromatic heterocycles. The summed E-state index contributed by atoms with van der Waals surface area (Å²) in [7, 11) is 0. The second kappa shape index (κ2) is 7.91. The molecule has 1 atom stereocenters. The highest BCUT2D eigenvalue weighted by Crippen LogP contribution is 2.24. The van der Waals surface area contributed by atoms with E-state index < -0.39 is 17.2 Å². The molecule has 128 valence electrons. The summed E-state index contributed by atoms with van der Waals surface area (Å²) in [5, 5.41) is 16.4. The molecule has 8 nitrogen and oxygen atoms in total. The van der Waals surface area contributed by atoms with E-state index in [1.54, 1.807) is 18.5 Å². The summed E-state index contributed by atoms with van der Waals surface area (Å²) in [6.45, 7) is 7.91. The third-order valence-corrected chi connectivity index (χ3v) is 4.28. The number of amides is 3. The van der Waals surface area contributed by atoms with E-state index in [2.05, 4.69) is 26.2 Å². The molecule has 1 unspecified atom stereocenters. The summed E-state index contributed by atoms with van der Waals surface area (Å²) in [6.07, 6.45) is 0. The first-order chi connectivity index (χ1) is 11.4. The first-order valence-electron chi connectivity index (χ1n) is 7.53. The van der Waals surface area contributed by atoms with Gasteiger partial charge in [0, 0.05) is 6.54 Å². The van der Waals surface area contributed by atoms with Crippen LogP contribution in [0.3, 0.4) is 0 Å². The van der Waals surface area contributed by atoms with Crippen LogP contribution in [0.25, 0.3) is 5.69 Å². The maximum Gasteiger partial charge on any atom is 0.321 e. The minimum Gasteiger partial charge on any atom is -0.338 e. The van der Waals surface area contributed by atoms with Crippen LogP contribution in [0.15, 0.2) is 23.4 Å². The molecule has 2 aromatic rings. The lowest BCUT2D eigenvalue weighted by atomic mass is 10.1. The van der Waals surface area contributed by atoms with Crippen molar-refractivity contribution in [3.63, 3.8) is 0 Å². The molecule has 3 amide bonds.